The molecule has 1 heterocycles. The van der Waals surface area contributed by atoms with Crippen LogP contribution in [-0.2, 0) is 12.0 Å². The molecule has 0 unspecified atom stereocenters. The third-order valence-corrected chi connectivity index (χ3v) is 2.51. The summed E-state index contributed by atoms with van der Waals surface area (Å²) in [7, 11) is 0. The van der Waals surface area contributed by atoms with E-state index in [0.717, 1.165) is 25.2 Å². The number of hydrogen-bond donors (Lipinski definition) is 0. The molecule has 0 radical (unpaired) electrons. The first-order valence-corrected chi connectivity index (χ1v) is 4.32. The van der Waals surface area contributed by atoms with Crippen LogP contribution in [0.1, 0.15) is 25.6 Å². The molecule has 2 nitrogen and oxygen atoms in total. The first-order valence-electron chi connectivity index (χ1n) is 4.32. The van der Waals surface area contributed by atoms with Gasteiger partial charge in [-0.15, -0.1) is 6.42 Å². The number of aromatic nitrogens is 2. The zero-order valence-corrected chi connectivity index (χ0v) is 7.25. The maximum absolute atomic E-state index is 5.48. The second-order valence-corrected chi connectivity index (χ2v) is 3.26. The minimum absolute atomic E-state index is 0.0144. The average molecular weight is 160 g/mol. The van der Waals surface area contributed by atoms with Crippen LogP contribution >= 0.6 is 0 Å². The molecule has 0 bridgehead atoms. The summed E-state index contributed by atoms with van der Waals surface area (Å²) in [6, 6.07) is 0. The van der Waals surface area contributed by atoms with Crippen molar-refractivity contribution in [1.29, 1.82) is 0 Å². The molecule has 2 heteroatoms. The van der Waals surface area contributed by atoms with E-state index >= 15 is 0 Å². The first kappa shape index (κ1) is 7.42. The number of imidazole rings is 1. The van der Waals surface area contributed by atoms with Crippen LogP contribution in [0.15, 0.2) is 12.4 Å². The van der Waals surface area contributed by atoms with Crippen molar-refractivity contribution in [3.8, 4) is 12.3 Å². The topological polar surface area (TPSA) is 17.8 Å². The minimum Gasteiger partial charge on any atom is -0.334 e. The molecule has 2 rings (SSSR count). The molecule has 0 saturated heterocycles. The van der Waals surface area contributed by atoms with Gasteiger partial charge in [0, 0.05) is 18.9 Å². The van der Waals surface area contributed by atoms with Crippen LogP contribution in [0.4, 0.5) is 0 Å². The van der Waals surface area contributed by atoms with Crippen molar-refractivity contribution in [2.24, 2.45) is 0 Å². The van der Waals surface area contributed by atoms with E-state index < -0.39 is 0 Å². The molecule has 12 heavy (non-hydrogen) atoms. The molecule has 1 aliphatic carbocycles. The SMILES string of the molecule is C#CC1(c2nccn2CC)CC1. The Hall–Kier alpha value is -1.23. The van der Waals surface area contributed by atoms with Crippen LogP contribution in [-0.4, -0.2) is 9.55 Å². The van der Waals surface area contributed by atoms with E-state index in [9.17, 15) is 0 Å². The van der Waals surface area contributed by atoms with Gasteiger partial charge in [-0.05, 0) is 19.8 Å². The lowest BCUT2D eigenvalue weighted by molar-refractivity contribution is 0.662. The summed E-state index contributed by atoms with van der Waals surface area (Å²) in [6.07, 6.45) is 11.5. The van der Waals surface area contributed by atoms with Gasteiger partial charge in [-0.1, -0.05) is 5.92 Å². The molecule has 0 aromatic carbocycles. The van der Waals surface area contributed by atoms with Crippen molar-refractivity contribution in [3.05, 3.63) is 18.2 Å². The summed E-state index contributed by atoms with van der Waals surface area (Å²) in [5.41, 5.74) is -0.0144. The summed E-state index contributed by atoms with van der Waals surface area (Å²) >= 11 is 0. The van der Waals surface area contributed by atoms with Crippen LogP contribution in [0, 0.1) is 12.3 Å². The van der Waals surface area contributed by atoms with Gasteiger partial charge >= 0.3 is 0 Å². The molecule has 1 aliphatic rings. The number of aryl methyl sites for hydroxylation is 1. The predicted octanol–water partition coefficient (Wildman–Crippen LogP) is 1.57. The molecule has 1 aromatic rings. The van der Waals surface area contributed by atoms with Crippen LogP contribution in [0.5, 0.6) is 0 Å². The van der Waals surface area contributed by atoms with Gasteiger partial charge in [-0.25, -0.2) is 4.98 Å². The average Bonchev–Trinajstić information content (AvgIpc) is 2.76. The van der Waals surface area contributed by atoms with Crippen LogP contribution in [0.3, 0.4) is 0 Å². The van der Waals surface area contributed by atoms with E-state index in [0.29, 0.717) is 0 Å². The Morgan fingerprint density at radius 1 is 1.75 bits per heavy atom. The largest absolute Gasteiger partial charge is 0.334 e. The highest BCUT2D eigenvalue weighted by Crippen LogP contribution is 2.46. The van der Waals surface area contributed by atoms with E-state index in [1.54, 1.807) is 0 Å². The molecule has 0 spiro atoms. The number of hydrogen-bond acceptors (Lipinski definition) is 1. The second kappa shape index (κ2) is 2.38. The van der Waals surface area contributed by atoms with Crippen LogP contribution < -0.4 is 0 Å². The fourth-order valence-corrected chi connectivity index (χ4v) is 1.54. The summed E-state index contributed by atoms with van der Waals surface area (Å²) in [6.45, 7) is 3.07. The van der Waals surface area contributed by atoms with Gasteiger partial charge in [0.05, 0.1) is 5.41 Å². The smallest absolute Gasteiger partial charge is 0.126 e. The Bertz CT molecular complexity index is 326. The van der Waals surface area contributed by atoms with Gasteiger partial charge in [-0.3, -0.25) is 0 Å². The quantitative estimate of drug-likeness (QED) is 0.600. The molecular weight excluding hydrogens is 148 g/mol. The highest BCUT2D eigenvalue weighted by molar-refractivity contribution is 5.32. The molecule has 0 atom stereocenters. The van der Waals surface area contributed by atoms with E-state index in [1.807, 2.05) is 12.4 Å². The predicted molar refractivity (Wildman–Crippen MR) is 47.6 cm³/mol. The zero-order valence-electron chi connectivity index (χ0n) is 7.25. The van der Waals surface area contributed by atoms with Crippen LogP contribution in [0.2, 0.25) is 0 Å². The van der Waals surface area contributed by atoms with E-state index in [4.69, 9.17) is 6.42 Å². The lowest BCUT2D eigenvalue weighted by atomic mass is 10.1. The maximum atomic E-state index is 5.48. The van der Waals surface area contributed by atoms with Crippen molar-refractivity contribution in [1.82, 2.24) is 9.55 Å². The second-order valence-electron chi connectivity index (χ2n) is 3.26. The lowest BCUT2D eigenvalue weighted by Gasteiger charge is -2.08. The van der Waals surface area contributed by atoms with E-state index in [1.165, 1.54) is 0 Å². The van der Waals surface area contributed by atoms with Crippen molar-refractivity contribution < 1.29 is 0 Å². The zero-order chi connectivity index (χ0) is 8.60. The summed E-state index contributed by atoms with van der Waals surface area (Å²) in [4.78, 5) is 4.31. The fraction of sp³-hybridized carbons (Fsp3) is 0.500. The Balaban J connectivity index is 2.41. The minimum atomic E-state index is -0.0144. The molecule has 1 saturated carbocycles. The van der Waals surface area contributed by atoms with Gasteiger partial charge < -0.3 is 4.57 Å². The molecule has 62 valence electrons. The molecule has 0 aliphatic heterocycles. The Kier molecular flexibility index (Phi) is 1.47. The fourth-order valence-electron chi connectivity index (χ4n) is 1.54. The molecular formula is C10H12N2. The molecule has 0 amide bonds. The summed E-state index contributed by atoms with van der Waals surface area (Å²) in [5.74, 6) is 3.92. The van der Waals surface area contributed by atoms with E-state index in [-0.39, 0.29) is 5.41 Å². The highest BCUT2D eigenvalue weighted by atomic mass is 15.1. The number of nitrogens with zero attached hydrogens (tertiary/aromatic N) is 2. The highest BCUT2D eigenvalue weighted by Gasteiger charge is 2.46. The molecule has 0 N–H and O–H groups in total. The molecule has 1 aromatic heterocycles. The van der Waals surface area contributed by atoms with Crippen molar-refractivity contribution in [2.45, 2.75) is 31.7 Å². The number of terminal acetylenes is 1. The van der Waals surface area contributed by atoms with Crippen molar-refractivity contribution in [3.63, 3.8) is 0 Å². The Labute approximate surface area is 72.6 Å². The third-order valence-electron chi connectivity index (χ3n) is 2.51. The van der Waals surface area contributed by atoms with E-state index in [2.05, 4.69) is 22.4 Å². The Morgan fingerprint density at radius 3 is 3.00 bits per heavy atom. The van der Waals surface area contributed by atoms with Gasteiger partial charge in [0.15, 0.2) is 0 Å². The normalized spacial score (nSPS) is 18.7. The van der Waals surface area contributed by atoms with Crippen molar-refractivity contribution in [2.75, 3.05) is 0 Å². The summed E-state index contributed by atoms with van der Waals surface area (Å²) in [5, 5.41) is 0. The molecule has 1 fully saturated rings. The Morgan fingerprint density at radius 2 is 2.50 bits per heavy atom. The summed E-state index contributed by atoms with van der Waals surface area (Å²) < 4.78 is 2.13. The number of rotatable bonds is 2. The maximum Gasteiger partial charge on any atom is 0.126 e. The van der Waals surface area contributed by atoms with Crippen LogP contribution in [0.25, 0.3) is 0 Å². The standard InChI is InChI=1S/C10H12N2/c1-3-10(5-6-10)9-11-7-8-12(9)4-2/h1,7-8H,4-6H2,2H3. The van der Waals surface area contributed by atoms with Gasteiger partial charge in [0.2, 0.25) is 0 Å². The lowest BCUT2D eigenvalue weighted by Crippen LogP contribution is -2.11. The first-order chi connectivity index (χ1) is 5.82. The third kappa shape index (κ3) is 0.863. The van der Waals surface area contributed by atoms with Gasteiger partial charge in [-0.2, -0.15) is 0 Å². The van der Waals surface area contributed by atoms with Gasteiger partial charge in [0.1, 0.15) is 5.82 Å². The van der Waals surface area contributed by atoms with Gasteiger partial charge in [0.25, 0.3) is 0 Å². The monoisotopic (exact) mass is 160 g/mol. The van der Waals surface area contributed by atoms with Crippen molar-refractivity contribution >= 4 is 0 Å².